The van der Waals surface area contributed by atoms with Gasteiger partial charge in [-0.25, -0.2) is 4.79 Å². The third kappa shape index (κ3) is 39.3. The largest absolute Gasteiger partial charge is 1.00 e. The number of carbonyl (C=O) groups is 5. The monoisotopic (exact) mass is 1940 g/mol. The van der Waals surface area contributed by atoms with E-state index in [-0.39, 0.29) is 128 Å². The van der Waals surface area contributed by atoms with Crippen LogP contribution in [0.5, 0.6) is 0 Å². The standard InChI is InChI=1S/C15H13Cl2NO3.C15H17Cl2NO2.2C14H15Cl2NO.C13H11Cl2NO.C8H5Cl2N.C4H6O2.C4H9O.CO2.CH4.CH3.K.Li/c1-21-14(20)10-7-15(8-18,5-4-13(10)19)9-2-3-11(16)12(17)6-9;1-3-7-15(10-18,8-6-14(19)20-2)11-4-5-12(16)13(17)9-11;2*1-13(18)4-6-14(9-17,7-5-13)10-2-3-11(15)12(16)8-10;14-11-2-1-9(7-12(11)15)13(8-16)5-3-10(17)4-6-13;9-7-2-1-6(3-4-11)5-8(7)10;1-3-4(5)6-2;1-4(2,3)5;2-1-3;;;;/h2-3,6,10H,4-5,7H2,1H3;4-5,9H,3,6-8H2,1-2H3;2*2-3,8,18H,4-7H2,1H3;1-2,7H,3-6H2;1-2,5H,3H2;3H,1H2,2H3;1-3H3;;1H4;1H3;;/q;;;;;;;-1;;;-1;2*+1. The summed E-state index contributed by atoms with van der Waals surface area (Å²) in [5.41, 5.74) is -0.394. The Morgan fingerprint density at radius 3 is 1.12 bits per heavy atom. The fourth-order valence-corrected chi connectivity index (χ4v) is 14.7. The fourth-order valence-electron chi connectivity index (χ4n) is 12.9. The van der Waals surface area contributed by atoms with Gasteiger partial charge in [0.05, 0.1) is 163 Å². The van der Waals surface area contributed by atoms with Crippen LogP contribution >= 0.6 is 139 Å². The van der Waals surface area contributed by atoms with E-state index in [1.54, 1.807) is 112 Å². The zero-order chi connectivity index (χ0) is 90.5. The molecule has 652 valence electrons. The Bertz CT molecular complexity index is 4690. The second kappa shape index (κ2) is 58.3. The number of halogens is 12. The molecule has 4 aliphatic rings. The van der Waals surface area contributed by atoms with Gasteiger partial charge in [0.2, 0.25) is 0 Å². The number of methoxy groups -OCH3 is 3. The Kier molecular flexibility index (Phi) is 57.8. The molecule has 0 saturated heterocycles. The summed E-state index contributed by atoms with van der Waals surface area (Å²) in [5, 5.41) is 91.6. The van der Waals surface area contributed by atoms with E-state index in [1.165, 1.54) is 21.3 Å². The number of rotatable bonds is 13. The van der Waals surface area contributed by atoms with E-state index in [9.17, 15) is 65.6 Å². The van der Waals surface area contributed by atoms with Crippen LogP contribution < -0.4 is 75.4 Å². The Hall–Kier alpha value is -5.28. The summed E-state index contributed by atoms with van der Waals surface area (Å²) in [6.45, 7) is 13.7. The van der Waals surface area contributed by atoms with Gasteiger partial charge in [0.25, 0.3) is 0 Å². The molecule has 0 bridgehead atoms. The number of nitrogens with zero attached hydrogens (tertiary/aromatic N) is 6. The van der Waals surface area contributed by atoms with Gasteiger partial charge in [-0.2, -0.15) is 41.2 Å². The second-order valence-electron chi connectivity index (χ2n) is 29.7. The number of esters is 3. The maximum Gasteiger partial charge on any atom is 1.00 e. The SMILES string of the molecule is C.C=CC(=O)OC.CC(C)(C)[O-].CC1(O)CCC(C#N)(c2ccc(Cl)c(Cl)c2)CC1.CC1(O)CCC(C#N)(c2ccc(Cl)c(Cl)c2)CC1.CCCC(C#N)(CCC(=O)OC)c1ccc(Cl)c(Cl)c1.COC(=O)C1CC(C#N)(c2ccc(Cl)c(Cl)c2)CCC1=O.N#CC1(c2ccc(Cl)c(Cl)c2)CCC(=O)CC1.N#CCc1ccc(Cl)c(Cl)c1.O=C=O.[CH3-].[K+].[Li+]. The number of Topliss-reactive ketones (excluding diaryl/α,β-unsaturated/α-hetero) is 2. The van der Waals surface area contributed by atoms with Crippen LogP contribution in [0.1, 0.15) is 204 Å². The molecule has 4 fully saturated rings. The molecule has 0 radical (unpaired) electrons. The Labute approximate surface area is 838 Å². The van der Waals surface area contributed by atoms with Crippen LogP contribution in [0.4, 0.5) is 0 Å². The number of ether oxygens (including phenoxy) is 3. The van der Waals surface area contributed by atoms with Crippen molar-refractivity contribution in [3.8, 4) is 36.4 Å². The van der Waals surface area contributed by atoms with Gasteiger partial charge in [0, 0.05) is 31.8 Å². The number of aliphatic hydroxyl groups is 2. The van der Waals surface area contributed by atoms with E-state index in [0.29, 0.717) is 169 Å². The molecule has 3 unspecified atom stereocenters. The number of nitriles is 6. The van der Waals surface area contributed by atoms with Crippen molar-refractivity contribution < 1.29 is 133 Å². The van der Waals surface area contributed by atoms with Crippen molar-refractivity contribution in [3.63, 3.8) is 0 Å². The van der Waals surface area contributed by atoms with Crippen LogP contribution in [0.2, 0.25) is 60.3 Å². The Morgan fingerprint density at radius 1 is 0.512 bits per heavy atom. The maximum atomic E-state index is 11.9. The van der Waals surface area contributed by atoms with Gasteiger partial charge in [0.15, 0.2) is 0 Å². The number of ketones is 2. The van der Waals surface area contributed by atoms with Crippen LogP contribution in [-0.2, 0) is 81.3 Å². The van der Waals surface area contributed by atoms with Gasteiger partial charge in [-0.1, -0.05) is 224 Å². The Morgan fingerprint density at radius 2 is 0.837 bits per heavy atom. The van der Waals surface area contributed by atoms with E-state index in [0.717, 1.165) is 40.3 Å². The van der Waals surface area contributed by atoms with Crippen LogP contribution in [0.3, 0.4) is 0 Å². The van der Waals surface area contributed by atoms with Gasteiger partial charge >= 0.3 is 94.3 Å². The first kappa shape index (κ1) is 122. The predicted molar refractivity (Wildman–Crippen MR) is 477 cm³/mol. The molecule has 0 heterocycles. The first-order valence-electron chi connectivity index (χ1n) is 36.9. The van der Waals surface area contributed by atoms with Crippen molar-refractivity contribution in [3.05, 3.63) is 223 Å². The molecule has 0 amide bonds. The third-order valence-electron chi connectivity index (χ3n) is 20.0. The molecule has 0 aromatic heterocycles. The minimum absolute atomic E-state index is 0. The van der Waals surface area contributed by atoms with Crippen molar-refractivity contribution in [1.29, 1.82) is 31.6 Å². The minimum Gasteiger partial charge on any atom is -0.850 e. The van der Waals surface area contributed by atoms with Crippen molar-refractivity contribution in [2.45, 2.75) is 221 Å². The molecule has 3 atom stereocenters. The van der Waals surface area contributed by atoms with E-state index in [1.807, 2.05) is 45.0 Å². The van der Waals surface area contributed by atoms with Gasteiger partial charge in [0.1, 0.15) is 17.5 Å². The summed E-state index contributed by atoms with van der Waals surface area (Å²) in [7, 11) is 3.89. The molecule has 0 spiro atoms. The number of hydrogen-bond donors (Lipinski definition) is 2. The normalized spacial score (nSPS) is 20.1. The molecule has 33 heteroatoms. The van der Waals surface area contributed by atoms with E-state index >= 15 is 0 Å². The molecule has 0 aliphatic heterocycles. The average molecular weight is 1940 g/mol. The van der Waals surface area contributed by atoms with Crippen molar-refractivity contribution >= 4 is 175 Å². The third-order valence-corrected chi connectivity index (χ3v) is 24.4. The molecule has 4 aliphatic carbocycles. The summed E-state index contributed by atoms with van der Waals surface area (Å²) in [6.07, 6.45) is 11.6. The van der Waals surface area contributed by atoms with E-state index < -0.39 is 61.7 Å². The molecule has 6 aromatic carbocycles. The fraction of sp³-hybridized carbons (Fsp3) is 0.433. The molecule has 6 aromatic rings. The molecular weight excluding hydrogens is 1840 g/mol. The molecule has 123 heavy (non-hydrogen) atoms. The zero-order valence-corrected chi connectivity index (χ0v) is 82.2. The summed E-state index contributed by atoms with van der Waals surface area (Å²) in [4.78, 5) is 72.3. The number of hydrogen-bond acceptors (Lipinski definition) is 19. The van der Waals surface area contributed by atoms with Crippen molar-refractivity contribution in [2.24, 2.45) is 5.92 Å². The quantitative estimate of drug-likeness (QED) is 0.0271. The molecule has 4 saturated carbocycles. The topological polar surface area (TPSA) is 353 Å². The maximum absolute atomic E-state index is 11.9. The average Bonchev–Trinajstić information content (AvgIpc) is 0.779. The molecule has 2 N–H and O–H groups in total. The van der Waals surface area contributed by atoms with Crippen LogP contribution in [0.25, 0.3) is 0 Å². The predicted octanol–water partition coefficient (Wildman–Crippen LogP) is 17.9. The molecular formula is C90H98Cl12KLiN6O13. The minimum atomic E-state index is -0.930. The van der Waals surface area contributed by atoms with Gasteiger partial charge < -0.3 is 37.0 Å². The second-order valence-corrected chi connectivity index (χ2v) is 34.6. The first-order valence-corrected chi connectivity index (χ1v) is 41.5. The smallest absolute Gasteiger partial charge is 0.850 e. The first-order chi connectivity index (χ1) is 55.7. The summed E-state index contributed by atoms with van der Waals surface area (Å²) in [6, 6.07) is 45.1. The van der Waals surface area contributed by atoms with E-state index in [4.69, 9.17) is 154 Å². The van der Waals surface area contributed by atoms with Gasteiger partial charge in [-0.05, 0) is 210 Å². The van der Waals surface area contributed by atoms with Crippen LogP contribution in [-0.4, -0.2) is 84.0 Å². The summed E-state index contributed by atoms with van der Waals surface area (Å²) < 4.78 is 13.5. The van der Waals surface area contributed by atoms with Gasteiger partial charge in [-0.3, -0.25) is 19.2 Å². The van der Waals surface area contributed by atoms with Crippen LogP contribution in [0.15, 0.2) is 122 Å². The Balaban J connectivity index is -0.00000136. The molecule has 10 rings (SSSR count). The van der Waals surface area contributed by atoms with Crippen molar-refractivity contribution in [1.82, 2.24) is 0 Å². The van der Waals surface area contributed by atoms with Crippen molar-refractivity contribution in [2.75, 3.05) is 21.3 Å². The summed E-state index contributed by atoms with van der Waals surface area (Å²) >= 11 is 70.9. The number of carbonyl (C=O) groups excluding carboxylic acids is 7. The van der Waals surface area contributed by atoms with E-state index in [2.05, 4.69) is 51.1 Å². The van der Waals surface area contributed by atoms with Gasteiger partial charge in [-0.15, -0.1) is 5.60 Å². The zero-order valence-electron chi connectivity index (χ0n) is 70.0. The number of benzene rings is 6. The summed E-state index contributed by atoms with van der Waals surface area (Å²) in [5.74, 6) is -2.17. The molecule has 19 nitrogen and oxygen atoms in total. The van der Waals surface area contributed by atoms with Crippen LogP contribution in [0, 0.1) is 81.3 Å².